The van der Waals surface area contributed by atoms with E-state index in [4.69, 9.17) is 4.74 Å². The smallest absolute Gasteiger partial charge is 0.322 e. The summed E-state index contributed by atoms with van der Waals surface area (Å²) in [6.45, 7) is 25.6. The molecule has 6 nitrogen and oxygen atoms in total. The van der Waals surface area contributed by atoms with Gasteiger partial charge >= 0.3 is 5.97 Å². The van der Waals surface area contributed by atoms with Crippen LogP contribution in [-0.2, 0) is 25.2 Å². The molecule has 0 saturated carbocycles. The number of carboxylic acid groups (broad SMARTS) is 1. The summed E-state index contributed by atoms with van der Waals surface area (Å²) in [4.78, 5) is 27.6. The van der Waals surface area contributed by atoms with E-state index in [1.54, 1.807) is 34.9 Å². The molecule has 0 saturated heterocycles. The van der Waals surface area contributed by atoms with Crippen LogP contribution in [0.1, 0.15) is 98.4 Å². The lowest BCUT2D eigenvalue weighted by Gasteiger charge is -2.28. The van der Waals surface area contributed by atoms with E-state index in [9.17, 15) is 14.7 Å². The molecule has 1 aliphatic carbocycles. The molecule has 0 radical (unpaired) electrons. The average molecular weight is 646 g/mol. The van der Waals surface area contributed by atoms with Crippen molar-refractivity contribution in [2.24, 2.45) is 0 Å². The van der Waals surface area contributed by atoms with Gasteiger partial charge in [-0.15, -0.1) is 0 Å². The van der Waals surface area contributed by atoms with Crippen molar-refractivity contribution in [1.29, 1.82) is 0 Å². The second-order valence-electron chi connectivity index (χ2n) is 14.6. The number of aliphatic carboxylic acids is 1. The molecule has 2 heterocycles. The Kier molecular flexibility index (Phi) is 11.4. The van der Waals surface area contributed by atoms with Gasteiger partial charge in [0, 0.05) is 43.6 Å². The molecule has 0 spiro atoms. The molecule has 1 aromatic rings. The Balaban J connectivity index is 0.00000645. The van der Waals surface area contributed by atoms with Gasteiger partial charge in [0.25, 0.3) is 0 Å². The summed E-state index contributed by atoms with van der Waals surface area (Å²) < 4.78 is 6.10. The van der Waals surface area contributed by atoms with Crippen LogP contribution < -0.4 is 5.32 Å². The number of hydrogen-bond donors (Lipinski definition) is 2. The standard InChI is InChI=1S/C34H45NO4S3.H2O/c1-31(2,3)24-15-20(16-25(40-24)32(4,5)6)13-22-29(35-19-26(36)37)23(30(22)38)14-21-17-27(41-33(7,8)9)39-28(18-21)42-34(10,11)12;/h13-18H,19H2,1-12H3,(H-,35,36,37,38);1H2. The van der Waals surface area contributed by atoms with Crippen molar-refractivity contribution in [2.45, 2.75) is 103 Å². The molecule has 43 heavy (non-hydrogen) atoms. The topological polar surface area (TPSA) is 106 Å². The number of thioether (sulfide) groups is 2. The van der Waals surface area contributed by atoms with Crippen molar-refractivity contribution in [3.05, 3.63) is 78.3 Å². The lowest BCUT2D eigenvalue weighted by atomic mass is 9.83. The number of ether oxygens (including phenoxy) is 1. The minimum atomic E-state index is -0.988. The van der Waals surface area contributed by atoms with Gasteiger partial charge in [0.15, 0.2) is 16.0 Å². The second-order valence-corrected chi connectivity index (χ2v) is 19.4. The van der Waals surface area contributed by atoms with Crippen molar-refractivity contribution in [3.8, 4) is 0 Å². The number of carbonyl (C=O) groups excluding carboxylic acids is 1. The van der Waals surface area contributed by atoms with Gasteiger partial charge in [0.2, 0.25) is 21.1 Å². The first-order valence-corrected chi connectivity index (χ1v) is 16.6. The maximum atomic E-state index is 13.6. The molecule has 3 N–H and O–H groups in total. The van der Waals surface area contributed by atoms with Crippen molar-refractivity contribution < 1.29 is 24.9 Å². The first-order valence-electron chi connectivity index (χ1n) is 14.2. The van der Waals surface area contributed by atoms with Crippen molar-refractivity contribution >= 4 is 52.7 Å². The van der Waals surface area contributed by atoms with Crippen LogP contribution in [0, 0.1) is 0 Å². The van der Waals surface area contributed by atoms with Crippen molar-refractivity contribution in [2.75, 3.05) is 6.54 Å². The minimum Gasteiger partial charge on any atom is -0.870 e. The summed E-state index contributed by atoms with van der Waals surface area (Å²) in [6, 6.07) is 4.28. The first kappa shape index (κ1) is 36.9. The Morgan fingerprint density at radius 1 is 0.860 bits per heavy atom. The zero-order valence-corrected chi connectivity index (χ0v) is 30.0. The number of rotatable bonds is 7. The fourth-order valence-corrected chi connectivity index (χ4v) is 7.17. The van der Waals surface area contributed by atoms with Crippen LogP contribution in [0.15, 0.2) is 63.0 Å². The molecule has 9 heteroatoms. The zero-order chi connectivity index (χ0) is 31.8. The number of nitrogens with one attached hydrogen (secondary N) is 1. The molecule has 0 bridgehead atoms. The van der Waals surface area contributed by atoms with Crippen LogP contribution in [0.3, 0.4) is 0 Å². The van der Waals surface area contributed by atoms with Gasteiger partial charge in [-0.3, -0.25) is 9.59 Å². The minimum absolute atomic E-state index is 0. The zero-order valence-electron chi connectivity index (χ0n) is 27.5. The molecule has 1 aromatic heterocycles. The van der Waals surface area contributed by atoms with Gasteiger partial charge in [-0.2, -0.15) is 0 Å². The lowest BCUT2D eigenvalue weighted by molar-refractivity contribution is -0.135. The Labute approximate surface area is 270 Å². The molecule has 236 valence electrons. The molecule has 0 aromatic carbocycles. The SMILES string of the molecule is CC(C)(C)SC1=CC(=CC2=C(NCC(=O)O)C(=Cc3cc(C(C)(C)C)[s+]c(C(C)(C)C)c3)C2=O)C=C(SC(C)(C)C)O1.[OH-]. The average Bonchev–Trinajstić information content (AvgIpc) is 2.78. The molecule has 0 fully saturated rings. The van der Waals surface area contributed by atoms with Gasteiger partial charge < -0.3 is 20.6 Å². The molecule has 0 unspecified atom stereocenters. The number of carboxylic acids is 1. The highest BCUT2D eigenvalue weighted by Crippen LogP contribution is 2.43. The van der Waals surface area contributed by atoms with E-state index in [1.807, 2.05) is 24.3 Å². The Hall–Kier alpha value is -2.33. The third-order valence-corrected chi connectivity index (χ3v) is 9.87. The third kappa shape index (κ3) is 10.7. The Morgan fingerprint density at radius 3 is 1.72 bits per heavy atom. The number of Topliss-reactive ketones (excluding diaryl/α,β-unsaturated/α-hetero) is 1. The van der Waals surface area contributed by atoms with Crippen LogP contribution in [0.25, 0.3) is 6.08 Å². The van der Waals surface area contributed by atoms with Crippen LogP contribution in [-0.4, -0.2) is 38.4 Å². The Morgan fingerprint density at radius 2 is 1.33 bits per heavy atom. The summed E-state index contributed by atoms with van der Waals surface area (Å²) in [6.07, 6.45) is 7.63. The highest BCUT2D eigenvalue weighted by molar-refractivity contribution is 8.05. The van der Waals surface area contributed by atoms with E-state index >= 15 is 0 Å². The second kappa shape index (κ2) is 13.3. The monoisotopic (exact) mass is 645 g/mol. The highest BCUT2D eigenvalue weighted by Gasteiger charge is 2.35. The van der Waals surface area contributed by atoms with Crippen molar-refractivity contribution in [1.82, 2.24) is 5.32 Å². The van der Waals surface area contributed by atoms with Crippen LogP contribution in [0.2, 0.25) is 0 Å². The molecule has 0 atom stereocenters. The predicted molar refractivity (Wildman–Crippen MR) is 184 cm³/mol. The molecule has 2 aliphatic rings. The predicted octanol–water partition coefficient (Wildman–Crippen LogP) is 9.04. The summed E-state index contributed by atoms with van der Waals surface area (Å²) in [5.74, 6) is -1.10. The maximum absolute atomic E-state index is 13.6. The van der Waals surface area contributed by atoms with Crippen LogP contribution >= 0.6 is 34.9 Å². The van der Waals surface area contributed by atoms with Gasteiger partial charge in [-0.05, 0) is 35.4 Å². The van der Waals surface area contributed by atoms with Crippen molar-refractivity contribution in [3.63, 3.8) is 0 Å². The lowest BCUT2D eigenvalue weighted by Crippen LogP contribution is -2.34. The summed E-state index contributed by atoms with van der Waals surface area (Å²) in [5.41, 5.74) is 3.19. The van der Waals surface area contributed by atoms with E-state index in [2.05, 4.69) is 101 Å². The highest BCUT2D eigenvalue weighted by atomic mass is 32.2. The fraction of sp³-hybridized carbons (Fsp3) is 0.500. The quantitative estimate of drug-likeness (QED) is 0.224. The summed E-state index contributed by atoms with van der Waals surface area (Å²) in [7, 11) is 0. The molecule has 1 aliphatic heterocycles. The van der Waals surface area contributed by atoms with Crippen LogP contribution in [0.5, 0.6) is 0 Å². The molecular weight excluding hydrogens is 599 g/mol. The van der Waals surface area contributed by atoms with E-state index in [0.29, 0.717) is 16.8 Å². The first-order chi connectivity index (χ1) is 19.0. The summed E-state index contributed by atoms with van der Waals surface area (Å²) in [5, 5.41) is 14.0. The normalized spacial score (nSPS) is 17.1. The number of ketones is 1. The van der Waals surface area contributed by atoms with E-state index in [-0.39, 0.29) is 38.1 Å². The molecular formula is C34H47NO5S3. The van der Waals surface area contributed by atoms with E-state index in [1.165, 1.54) is 9.75 Å². The number of allylic oxidation sites excluding steroid dienone is 6. The van der Waals surface area contributed by atoms with Crippen LogP contribution in [0.4, 0.5) is 0 Å². The largest absolute Gasteiger partial charge is 0.870 e. The summed E-state index contributed by atoms with van der Waals surface area (Å²) >= 11 is 5.05. The number of carbonyl (C=O) groups is 2. The number of hydrogen-bond acceptors (Lipinski definition) is 7. The molecule has 3 rings (SSSR count). The third-order valence-electron chi connectivity index (χ3n) is 5.94. The van der Waals surface area contributed by atoms with E-state index in [0.717, 1.165) is 21.3 Å². The van der Waals surface area contributed by atoms with Gasteiger partial charge in [0.05, 0.1) is 5.70 Å². The Bertz CT molecular complexity index is 1350. The fourth-order valence-electron chi connectivity index (χ4n) is 4.02. The van der Waals surface area contributed by atoms with Gasteiger partial charge in [-0.1, -0.05) is 107 Å². The maximum Gasteiger partial charge on any atom is 0.322 e. The van der Waals surface area contributed by atoms with E-state index < -0.39 is 5.97 Å². The van der Waals surface area contributed by atoms with Gasteiger partial charge in [-0.25, -0.2) is 0 Å². The van der Waals surface area contributed by atoms with Gasteiger partial charge in [0.1, 0.15) is 6.54 Å². The molecule has 0 amide bonds.